The van der Waals surface area contributed by atoms with E-state index < -0.39 is 0 Å². The van der Waals surface area contributed by atoms with Gasteiger partial charge in [0, 0.05) is 10.8 Å². The van der Waals surface area contributed by atoms with Gasteiger partial charge in [-0.2, -0.15) is 0 Å². The third kappa shape index (κ3) is 2.66. The zero-order valence-electron chi connectivity index (χ0n) is 10.5. The first kappa shape index (κ1) is 11.9. The Morgan fingerprint density at radius 2 is 1.74 bits per heavy atom. The second-order valence-electron chi connectivity index (χ2n) is 4.24. The van der Waals surface area contributed by atoms with E-state index in [9.17, 15) is 0 Å². The fraction of sp³-hybridized carbons (Fsp3) is 0.0625. The van der Waals surface area contributed by atoms with Gasteiger partial charge in [-0.1, -0.05) is 65.0 Å². The average Bonchev–Trinajstić information content (AvgIpc) is 2.88. The van der Waals surface area contributed by atoms with Crippen LogP contribution in [0.2, 0.25) is 0 Å². The van der Waals surface area contributed by atoms with Gasteiger partial charge in [-0.05, 0) is 23.9 Å². The number of benzene rings is 2. The van der Waals surface area contributed by atoms with E-state index in [1.807, 2.05) is 55.5 Å². The Morgan fingerprint density at radius 3 is 2.53 bits per heavy atom. The minimum Gasteiger partial charge on any atom is -0.346 e. The number of rotatable bonds is 3. The molecule has 0 amide bonds. The lowest BCUT2D eigenvalue weighted by atomic mass is 10.1. The van der Waals surface area contributed by atoms with Gasteiger partial charge in [0.1, 0.15) is 0 Å². The summed E-state index contributed by atoms with van der Waals surface area (Å²) in [5.41, 5.74) is 1.95. The largest absolute Gasteiger partial charge is 0.346 e. The van der Waals surface area contributed by atoms with Crippen molar-refractivity contribution in [3.63, 3.8) is 0 Å². The second kappa shape index (κ2) is 5.24. The molecule has 3 rings (SSSR count). The third-order valence-electron chi connectivity index (χ3n) is 2.87. The molecule has 1 heterocycles. The number of hydrogen-bond acceptors (Lipinski definition) is 3. The quantitative estimate of drug-likeness (QED) is 0.497. The van der Waals surface area contributed by atoms with Crippen LogP contribution in [0.25, 0.3) is 10.1 Å². The van der Waals surface area contributed by atoms with Gasteiger partial charge < -0.3 is 4.84 Å². The summed E-state index contributed by atoms with van der Waals surface area (Å²) in [5, 5.41) is 6.19. The fourth-order valence-corrected chi connectivity index (χ4v) is 2.72. The maximum Gasteiger partial charge on any atom is 0.212 e. The molecular weight excluding hydrogens is 254 g/mol. The van der Waals surface area contributed by atoms with E-state index in [-0.39, 0.29) is 0 Å². The van der Waals surface area contributed by atoms with Crippen molar-refractivity contribution in [1.29, 1.82) is 0 Å². The van der Waals surface area contributed by atoms with Gasteiger partial charge in [0.25, 0.3) is 0 Å². The van der Waals surface area contributed by atoms with Crippen LogP contribution in [0.5, 0.6) is 5.06 Å². The summed E-state index contributed by atoms with van der Waals surface area (Å²) in [4.78, 5) is 5.51. The number of thiophene rings is 1. The molecular formula is C16H13NOS. The van der Waals surface area contributed by atoms with Crippen molar-refractivity contribution in [2.75, 3.05) is 0 Å². The van der Waals surface area contributed by atoms with E-state index in [0.29, 0.717) is 0 Å². The predicted octanol–water partition coefficient (Wildman–Crippen LogP) is 4.70. The molecule has 0 radical (unpaired) electrons. The molecule has 0 aliphatic rings. The molecule has 0 unspecified atom stereocenters. The van der Waals surface area contributed by atoms with E-state index >= 15 is 0 Å². The summed E-state index contributed by atoms with van der Waals surface area (Å²) in [5.74, 6) is 0. The molecule has 0 saturated carbocycles. The number of hydrogen-bond donors (Lipinski definition) is 0. The highest BCUT2D eigenvalue weighted by atomic mass is 32.1. The van der Waals surface area contributed by atoms with Gasteiger partial charge in [-0.25, -0.2) is 0 Å². The first-order valence-corrected chi connectivity index (χ1v) is 6.90. The minimum atomic E-state index is 0.816. The maximum absolute atomic E-state index is 5.51. The Morgan fingerprint density at radius 1 is 1.00 bits per heavy atom. The molecule has 3 heteroatoms. The highest BCUT2D eigenvalue weighted by Crippen LogP contribution is 2.31. The standard InChI is InChI=1S/C16H13NOS/c1-12(13-7-3-2-4-8-13)17-18-16-11-14-9-5-6-10-15(14)19-16/h2-11H,1H3/b17-12+. The van der Waals surface area contributed by atoms with Crippen LogP contribution in [0.4, 0.5) is 0 Å². The molecule has 0 N–H and O–H groups in total. The lowest BCUT2D eigenvalue weighted by Crippen LogP contribution is -1.96. The van der Waals surface area contributed by atoms with E-state index in [4.69, 9.17) is 4.84 Å². The monoisotopic (exact) mass is 267 g/mol. The van der Waals surface area contributed by atoms with Crippen molar-refractivity contribution >= 4 is 27.1 Å². The normalized spacial score (nSPS) is 11.7. The molecule has 0 aliphatic carbocycles. The summed E-state index contributed by atoms with van der Waals surface area (Å²) in [7, 11) is 0. The zero-order chi connectivity index (χ0) is 13.1. The molecule has 0 aliphatic heterocycles. The van der Waals surface area contributed by atoms with Crippen LogP contribution >= 0.6 is 11.3 Å². The van der Waals surface area contributed by atoms with E-state index in [0.717, 1.165) is 16.3 Å². The molecule has 0 spiro atoms. The smallest absolute Gasteiger partial charge is 0.212 e. The van der Waals surface area contributed by atoms with Crippen LogP contribution in [0.3, 0.4) is 0 Å². The number of fused-ring (bicyclic) bond motifs is 1. The highest BCUT2D eigenvalue weighted by molar-refractivity contribution is 7.20. The van der Waals surface area contributed by atoms with Crippen LogP contribution in [0, 0.1) is 0 Å². The van der Waals surface area contributed by atoms with Crippen LogP contribution in [0.15, 0.2) is 65.8 Å². The Kier molecular flexibility index (Phi) is 3.29. The molecule has 3 aromatic rings. The van der Waals surface area contributed by atoms with E-state index in [2.05, 4.69) is 17.3 Å². The lowest BCUT2D eigenvalue weighted by molar-refractivity contribution is 0.352. The van der Waals surface area contributed by atoms with Crippen LogP contribution < -0.4 is 4.84 Å². The van der Waals surface area contributed by atoms with Crippen LogP contribution in [-0.2, 0) is 0 Å². The molecule has 94 valence electrons. The minimum absolute atomic E-state index is 0.816. The van der Waals surface area contributed by atoms with Gasteiger partial charge in [-0.3, -0.25) is 0 Å². The first-order chi connectivity index (χ1) is 9.33. The summed E-state index contributed by atoms with van der Waals surface area (Å²) in [6, 6.07) is 20.2. The zero-order valence-corrected chi connectivity index (χ0v) is 11.4. The second-order valence-corrected chi connectivity index (χ2v) is 5.28. The Bertz CT molecular complexity index is 683. The van der Waals surface area contributed by atoms with E-state index in [1.54, 1.807) is 11.3 Å². The van der Waals surface area contributed by atoms with Gasteiger partial charge >= 0.3 is 0 Å². The molecule has 0 saturated heterocycles. The number of oxime groups is 1. The maximum atomic E-state index is 5.51. The summed E-state index contributed by atoms with van der Waals surface area (Å²) in [6.45, 7) is 1.95. The average molecular weight is 267 g/mol. The Balaban J connectivity index is 1.82. The van der Waals surface area contributed by atoms with Crippen molar-refractivity contribution < 1.29 is 4.84 Å². The van der Waals surface area contributed by atoms with Gasteiger partial charge in [0.05, 0.1) is 5.71 Å². The summed E-state index contributed by atoms with van der Waals surface area (Å²) >= 11 is 1.61. The molecule has 19 heavy (non-hydrogen) atoms. The Hall–Kier alpha value is -2.13. The molecule has 2 nitrogen and oxygen atoms in total. The van der Waals surface area contributed by atoms with Crippen molar-refractivity contribution in [2.24, 2.45) is 5.16 Å². The fourth-order valence-electron chi connectivity index (χ4n) is 1.85. The van der Waals surface area contributed by atoms with Crippen molar-refractivity contribution in [3.05, 3.63) is 66.2 Å². The molecule has 1 aromatic heterocycles. The van der Waals surface area contributed by atoms with Crippen LogP contribution in [-0.4, -0.2) is 5.71 Å². The molecule has 0 bridgehead atoms. The van der Waals surface area contributed by atoms with Crippen molar-refractivity contribution in [2.45, 2.75) is 6.92 Å². The topological polar surface area (TPSA) is 21.6 Å². The van der Waals surface area contributed by atoms with E-state index in [1.165, 1.54) is 10.1 Å². The van der Waals surface area contributed by atoms with Crippen LogP contribution in [0.1, 0.15) is 12.5 Å². The van der Waals surface area contributed by atoms with Gasteiger partial charge in [-0.15, -0.1) is 0 Å². The van der Waals surface area contributed by atoms with Gasteiger partial charge in [0.2, 0.25) is 5.06 Å². The highest BCUT2D eigenvalue weighted by Gasteiger charge is 2.02. The van der Waals surface area contributed by atoms with Crippen molar-refractivity contribution in [1.82, 2.24) is 0 Å². The SMILES string of the molecule is C/C(=N\Oc1cc2ccccc2s1)c1ccccc1. The molecule has 0 fully saturated rings. The lowest BCUT2D eigenvalue weighted by Gasteiger charge is -1.99. The third-order valence-corrected chi connectivity index (χ3v) is 3.85. The molecule has 0 atom stereocenters. The van der Waals surface area contributed by atoms with Crippen molar-refractivity contribution in [3.8, 4) is 5.06 Å². The predicted molar refractivity (Wildman–Crippen MR) is 81.1 cm³/mol. The number of nitrogens with zero attached hydrogens (tertiary/aromatic N) is 1. The Labute approximate surface area is 116 Å². The van der Waals surface area contributed by atoms with Gasteiger partial charge in [0.15, 0.2) is 0 Å². The summed E-state index contributed by atoms with van der Waals surface area (Å²) in [6.07, 6.45) is 0. The summed E-state index contributed by atoms with van der Waals surface area (Å²) < 4.78 is 1.21. The first-order valence-electron chi connectivity index (χ1n) is 6.08. The molecule has 2 aromatic carbocycles.